The van der Waals surface area contributed by atoms with E-state index >= 15 is 0 Å². The third kappa shape index (κ3) is 4.58. The number of nitrogens with zero attached hydrogens (tertiary/aromatic N) is 3. The number of aromatic nitrogens is 1. The van der Waals surface area contributed by atoms with Crippen LogP contribution < -0.4 is 4.90 Å². The molecule has 3 heteroatoms. The minimum absolute atomic E-state index is 0.845. The summed E-state index contributed by atoms with van der Waals surface area (Å²) in [5, 5.41) is 0. The fraction of sp³-hybridized carbons (Fsp3) is 0.0769. The number of hydrogen-bond donors (Lipinski definition) is 0. The molecule has 0 saturated heterocycles. The Morgan fingerprint density at radius 1 is 0.655 bits per heavy atom. The molecule has 0 radical (unpaired) electrons. The van der Waals surface area contributed by atoms with Gasteiger partial charge in [0.1, 0.15) is 0 Å². The molecule has 0 atom stereocenters. The van der Waals surface area contributed by atoms with E-state index in [0.29, 0.717) is 0 Å². The van der Waals surface area contributed by atoms with Gasteiger partial charge >= 0.3 is 0 Å². The van der Waals surface area contributed by atoms with Crippen molar-refractivity contribution in [2.45, 2.75) is 13.8 Å². The fourth-order valence-electron chi connectivity index (χ4n) is 3.12. The number of pyridine rings is 1. The summed E-state index contributed by atoms with van der Waals surface area (Å²) >= 11 is 0. The molecule has 0 N–H and O–H groups in total. The first-order valence-corrected chi connectivity index (χ1v) is 9.68. The summed E-state index contributed by atoms with van der Waals surface area (Å²) in [5.74, 6) is 0. The zero-order valence-corrected chi connectivity index (χ0v) is 16.7. The highest BCUT2D eigenvalue weighted by Crippen LogP contribution is 2.35. The van der Waals surface area contributed by atoms with Gasteiger partial charge in [0.05, 0.1) is 17.6 Å². The largest absolute Gasteiger partial charge is 0.311 e. The Morgan fingerprint density at radius 3 is 1.66 bits per heavy atom. The fourth-order valence-corrected chi connectivity index (χ4v) is 3.12. The quantitative estimate of drug-likeness (QED) is 0.353. The number of rotatable bonds is 5. The van der Waals surface area contributed by atoms with Crippen LogP contribution in [-0.4, -0.2) is 11.2 Å². The third-order valence-electron chi connectivity index (χ3n) is 4.73. The van der Waals surface area contributed by atoms with E-state index in [9.17, 15) is 0 Å². The Labute approximate surface area is 172 Å². The second kappa shape index (κ2) is 8.53. The van der Waals surface area contributed by atoms with Crippen molar-refractivity contribution in [1.82, 2.24) is 4.98 Å². The van der Waals surface area contributed by atoms with Gasteiger partial charge in [-0.3, -0.25) is 9.98 Å². The van der Waals surface area contributed by atoms with Gasteiger partial charge in [0.15, 0.2) is 0 Å². The summed E-state index contributed by atoms with van der Waals surface area (Å²) in [4.78, 5) is 11.1. The average Bonchev–Trinajstić information content (AvgIpc) is 2.77. The summed E-state index contributed by atoms with van der Waals surface area (Å²) in [6.45, 7) is 4.21. The molecule has 0 unspecified atom stereocenters. The maximum absolute atomic E-state index is 4.54. The highest BCUT2D eigenvalue weighted by Gasteiger charge is 2.12. The van der Waals surface area contributed by atoms with E-state index in [1.165, 1.54) is 11.1 Å². The molecule has 0 saturated carbocycles. The summed E-state index contributed by atoms with van der Waals surface area (Å²) in [6, 6.07) is 31.2. The molecular weight excluding hydrogens is 354 g/mol. The molecule has 0 bridgehead atoms. The molecule has 4 aromatic rings. The summed E-state index contributed by atoms with van der Waals surface area (Å²) in [5.41, 5.74) is 7.58. The first-order chi connectivity index (χ1) is 14.2. The molecule has 0 fully saturated rings. The number of aliphatic imine (C=N–C) groups is 1. The Hall–Kier alpha value is -3.72. The van der Waals surface area contributed by atoms with Crippen LogP contribution in [0.15, 0.2) is 102 Å². The molecule has 3 nitrogen and oxygen atoms in total. The van der Waals surface area contributed by atoms with Crippen molar-refractivity contribution < 1.29 is 0 Å². The van der Waals surface area contributed by atoms with Crippen LogP contribution in [0.1, 0.15) is 16.8 Å². The number of anilines is 3. The molecule has 4 rings (SSSR count). The van der Waals surface area contributed by atoms with E-state index in [1.807, 2.05) is 30.3 Å². The third-order valence-corrected chi connectivity index (χ3v) is 4.73. The maximum atomic E-state index is 4.54. The van der Waals surface area contributed by atoms with Gasteiger partial charge in [-0.15, -0.1) is 0 Å². The summed E-state index contributed by atoms with van der Waals surface area (Å²) < 4.78 is 0. The van der Waals surface area contributed by atoms with Crippen molar-refractivity contribution in [3.05, 3.63) is 114 Å². The number of hydrogen-bond acceptors (Lipinski definition) is 3. The summed E-state index contributed by atoms with van der Waals surface area (Å²) in [6.07, 6.45) is 3.55. The molecule has 29 heavy (non-hydrogen) atoms. The molecule has 0 aliphatic rings. The lowest BCUT2D eigenvalue weighted by molar-refractivity contribution is 1.26. The Morgan fingerprint density at radius 2 is 1.17 bits per heavy atom. The van der Waals surface area contributed by atoms with Gasteiger partial charge in [-0.2, -0.15) is 0 Å². The van der Waals surface area contributed by atoms with E-state index in [0.717, 1.165) is 28.4 Å². The van der Waals surface area contributed by atoms with E-state index < -0.39 is 0 Å². The first-order valence-electron chi connectivity index (χ1n) is 9.68. The van der Waals surface area contributed by atoms with Crippen LogP contribution in [0, 0.1) is 13.8 Å². The van der Waals surface area contributed by atoms with Crippen LogP contribution in [0.3, 0.4) is 0 Å². The molecule has 0 aliphatic carbocycles. The molecule has 3 aromatic carbocycles. The Kier molecular flexibility index (Phi) is 5.48. The Bertz CT molecular complexity index is 1040. The normalized spacial score (nSPS) is 11.0. The van der Waals surface area contributed by atoms with Gasteiger partial charge in [0.2, 0.25) is 0 Å². The van der Waals surface area contributed by atoms with Crippen molar-refractivity contribution in [1.29, 1.82) is 0 Å². The van der Waals surface area contributed by atoms with Gasteiger partial charge in [-0.1, -0.05) is 41.5 Å². The molecule has 1 heterocycles. The van der Waals surface area contributed by atoms with E-state index in [-0.39, 0.29) is 0 Å². The SMILES string of the molecule is Cc1ccc(N(c2ccc(C)cc2)c2ccc(N=Cc3ccccn3)cc2)cc1. The minimum atomic E-state index is 0.845. The number of aryl methyl sites for hydroxylation is 2. The van der Waals surface area contributed by atoms with Crippen molar-refractivity contribution in [2.24, 2.45) is 4.99 Å². The van der Waals surface area contributed by atoms with Gasteiger partial charge in [0.25, 0.3) is 0 Å². The topological polar surface area (TPSA) is 28.5 Å². The second-order valence-corrected chi connectivity index (χ2v) is 7.04. The molecule has 0 aliphatic heterocycles. The van der Waals surface area contributed by atoms with Crippen molar-refractivity contribution in [3.8, 4) is 0 Å². The molecular formula is C26H23N3. The maximum Gasteiger partial charge on any atom is 0.0812 e. The van der Waals surface area contributed by atoms with Gasteiger partial charge in [-0.05, 0) is 74.5 Å². The molecule has 1 aromatic heterocycles. The van der Waals surface area contributed by atoms with Gasteiger partial charge in [0, 0.05) is 23.3 Å². The van der Waals surface area contributed by atoms with Crippen LogP contribution in [0.2, 0.25) is 0 Å². The zero-order chi connectivity index (χ0) is 20.1. The van der Waals surface area contributed by atoms with Gasteiger partial charge < -0.3 is 4.90 Å². The van der Waals surface area contributed by atoms with Crippen molar-refractivity contribution in [3.63, 3.8) is 0 Å². The highest BCUT2D eigenvalue weighted by atomic mass is 15.1. The van der Waals surface area contributed by atoms with Crippen LogP contribution in [-0.2, 0) is 0 Å². The summed E-state index contributed by atoms with van der Waals surface area (Å²) in [7, 11) is 0. The molecule has 142 valence electrons. The standard InChI is InChI=1S/C26H23N3/c1-20-6-12-24(13-7-20)29(25-14-8-21(2)9-15-25)26-16-10-22(11-17-26)28-19-23-5-3-4-18-27-23/h3-19H,1-2H3. The van der Waals surface area contributed by atoms with Gasteiger partial charge in [-0.25, -0.2) is 0 Å². The second-order valence-electron chi connectivity index (χ2n) is 7.04. The van der Waals surface area contributed by atoms with E-state index in [4.69, 9.17) is 0 Å². The molecule has 0 amide bonds. The minimum Gasteiger partial charge on any atom is -0.311 e. The Balaban J connectivity index is 1.66. The lowest BCUT2D eigenvalue weighted by atomic mass is 10.1. The van der Waals surface area contributed by atoms with Crippen LogP contribution in [0.25, 0.3) is 0 Å². The van der Waals surface area contributed by atoms with Crippen molar-refractivity contribution >= 4 is 29.0 Å². The van der Waals surface area contributed by atoms with Crippen LogP contribution >= 0.6 is 0 Å². The lowest BCUT2D eigenvalue weighted by Crippen LogP contribution is -2.09. The lowest BCUT2D eigenvalue weighted by Gasteiger charge is -2.25. The predicted octanol–water partition coefficient (Wildman–Crippen LogP) is 6.92. The van der Waals surface area contributed by atoms with Crippen LogP contribution in [0.4, 0.5) is 22.7 Å². The monoisotopic (exact) mass is 377 g/mol. The van der Waals surface area contributed by atoms with E-state index in [1.54, 1.807) is 12.4 Å². The van der Waals surface area contributed by atoms with Crippen LogP contribution in [0.5, 0.6) is 0 Å². The zero-order valence-electron chi connectivity index (χ0n) is 16.7. The predicted molar refractivity (Wildman–Crippen MR) is 122 cm³/mol. The van der Waals surface area contributed by atoms with E-state index in [2.05, 4.69) is 89.4 Å². The smallest absolute Gasteiger partial charge is 0.0812 e. The molecule has 0 spiro atoms. The average molecular weight is 377 g/mol. The highest BCUT2D eigenvalue weighted by molar-refractivity contribution is 5.81. The first kappa shape index (κ1) is 18.6. The number of benzene rings is 3. The van der Waals surface area contributed by atoms with Crippen molar-refractivity contribution in [2.75, 3.05) is 4.90 Å².